The molecule has 0 aliphatic heterocycles. The van der Waals surface area contributed by atoms with Crippen LogP contribution in [0.25, 0.3) is 0 Å². The van der Waals surface area contributed by atoms with E-state index in [1.54, 1.807) is 31.3 Å². The summed E-state index contributed by atoms with van der Waals surface area (Å²) in [4.78, 5) is 25.5. The average Bonchev–Trinajstić information content (AvgIpc) is 3.50. The van der Waals surface area contributed by atoms with Gasteiger partial charge in [-0.15, -0.1) is 0 Å². The van der Waals surface area contributed by atoms with Gasteiger partial charge < -0.3 is 15.0 Å². The Hall–Kier alpha value is -2.91. The van der Waals surface area contributed by atoms with Crippen LogP contribution < -0.4 is 19.7 Å². The maximum absolute atomic E-state index is 12.6. The maximum Gasteiger partial charge on any atom is 0.255 e. The number of sulfonamides is 1. The van der Waals surface area contributed by atoms with Crippen LogP contribution in [0.4, 0.5) is 11.4 Å². The van der Waals surface area contributed by atoms with Crippen molar-refractivity contribution in [2.24, 2.45) is 0 Å². The third-order valence-electron chi connectivity index (χ3n) is 4.60. The number of nitrogens with one attached hydrogen (secondary N) is 2. The molecule has 9 heteroatoms. The number of ether oxygens (including phenoxy) is 1. The molecule has 2 N–H and O–H groups in total. The first-order valence-electron chi connectivity index (χ1n) is 9.07. The van der Waals surface area contributed by atoms with Crippen molar-refractivity contribution in [2.45, 2.75) is 30.7 Å². The van der Waals surface area contributed by atoms with Crippen LogP contribution >= 0.6 is 0 Å². The van der Waals surface area contributed by atoms with Crippen molar-refractivity contribution in [1.82, 2.24) is 4.72 Å². The van der Waals surface area contributed by atoms with Gasteiger partial charge in [-0.1, -0.05) is 0 Å². The average molecular weight is 417 g/mol. The van der Waals surface area contributed by atoms with Crippen LogP contribution in [0, 0.1) is 0 Å². The number of carbonyl (C=O) groups is 2. The molecule has 0 unspecified atom stereocenters. The van der Waals surface area contributed by atoms with Crippen LogP contribution in [-0.4, -0.2) is 40.4 Å². The van der Waals surface area contributed by atoms with Crippen LogP contribution in [0.3, 0.4) is 0 Å². The lowest BCUT2D eigenvalue weighted by molar-refractivity contribution is -0.116. The van der Waals surface area contributed by atoms with Gasteiger partial charge in [-0.3, -0.25) is 9.59 Å². The van der Waals surface area contributed by atoms with E-state index in [0.717, 1.165) is 12.8 Å². The Labute approximate surface area is 169 Å². The van der Waals surface area contributed by atoms with Crippen molar-refractivity contribution in [3.8, 4) is 5.75 Å². The van der Waals surface area contributed by atoms with E-state index < -0.39 is 15.9 Å². The van der Waals surface area contributed by atoms with Crippen LogP contribution in [0.2, 0.25) is 0 Å². The van der Waals surface area contributed by atoms with E-state index in [0.29, 0.717) is 11.4 Å². The van der Waals surface area contributed by atoms with Gasteiger partial charge in [-0.25, -0.2) is 13.1 Å². The van der Waals surface area contributed by atoms with E-state index in [4.69, 9.17) is 4.74 Å². The highest BCUT2D eigenvalue weighted by molar-refractivity contribution is 7.89. The minimum absolute atomic E-state index is 0.0613. The van der Waals surface area contributed by atoms with Crippen LogP contribution in [-0.2, 0) is 14.8 Å². The Morgan fingerprint density at radius 1 is 1.10 bits per heavy atom. The van der Waals surface area contributed by atoms with Crippen LogP contribution in [0.15, 0.2) is 47.4 Å². The van der Waals surface area contributed by atoms with Gasteiger partial charge in [0.2, 0.25) is 15.9 Å². The number of anilines is 2. The van der Waals surface area contributed by atoms with E-state index in [1.807, 2.05) is 0 Å². The summed E-state index contributed by atoms with van der Waals surface area (Å²) in [7, 11) is -0.747. The molecule has 2 aromatic carbocycles. The second kappa shape index (κ2) is 8.22. The largest absolute Gasteiger partial charge is 0.495 e. The molecule has 29 heavy (non-hydrogen) atoms. The fraction of sp³-hybridized carbons (Fsp3) is 0.300. The van der Waals surface area contributed by atoms with Crippen molar-refractivity contribution < 1.29 is 22.7 Å². The summed E-state index contributed by atoms with van der Waals surface area (Å²) in [5.74, 6) is -0.386. The van der Waals surface area contributed by atoms with Crippen molar-refractivity contribution in [3.63, 3.8) is 0 Å². The number of amides is 2. The first-order chi connectivity index (χ1) is 13.7. The molecule has 0 aromatic heterocycles. The normalized spacial score (nSPS) is 13.6. The number of carbonyl (C=O) groups excluding carboxylic acids is 2. The van der Waals surface area contributed by atoms with Crippen molar-refractivity contribution in [1.29, 1.82) is 0 Å². The van der Waals surface area contributed by atoms with Gasteiger partial charge in [-0.2, -0.15) is 0 Å². The lowest BCUT2D eigenvalue weighted by atomic mass is 10.2. The molecular formula is C20H23N3O5S. The minimum Gasteiger partial charge on any atom is -0.495 e. The molecular weight excluding hydrogens is 394 g/mol. The number of benzene rings is 2. The number of hydrogen-bond acceptors (Lipinski definition) is 5. The Morgan fingerprint density at radius 2 is 1.76 bits per heavy atom. The molecule has 8 nitrogen and oxygen atoms in total. The van der Waals surface area contributed by atoms with Gasteiger partial charge >= 0.3 is 0 Å². The molecule has 2 amide bonds. The number of methoxy groups -OCH3 is 1. The lowest BCUT2D eigenvalue weighted by Crippen LogP contribution is -2.26. The predicted molar refractivity (Wildman–Crippen MR) is 110 cm³/mol. The van der Waals surface area contributed by atoms with Gasteiger partial charge in [-0.05, 0) is 55.3 Å². The molecule has 3 rings (SSSR count). The highest BCUT2D eigenvalue weighted by Gasteiger charge is 2.30. The fourth-order valence-corrected chi connectivity index (χ4v) is 4.17. The van der Waals surface area contributed by atoms with Crippen LogP contribution in [0.5, 0.6) is 5.75 Å². The maximum atomic E-state index is 12.6. The highest BCUT2D eigenvalue weighted by Crippen LogP contribution is 2.28. The Bertz CT molecular complexity index is 1030. The zero-order valence-electron chi connectivity index (χ0n) is 16.4. The van der Waals surface area contributed by atoms with Crippen molar-refractivity contribution in [3.05, 3.63) is 48.0 Å². The standard InChI is InChI=1S/C20H23N3O5S/c1-13(24)23(2)17-9-7-15(8-10-17)21-20(25)14-4-11-18(28-3)19(12-14)29(26,27)22-16-5-6-16/h4,7-12,16,22H,5-6H2,1-3H3,(H,21,25). The molecule has 0 atom stereocenters. The molecule has 0 bridgehead atoms. The second-order valence-corrected chi connectivity index (χ2v) is 8.52. The van der Waals surface area contributed by atoms with Crippen molar-refractivity contribution >= 4 is 33.2 Å². The lowest BCUT2D eigenvalue weighted by Gasteiger charge is -2.15. The smallest absolute Gasteiger partial charge is 0.255 e. The molecule has 2 aromatic rings. The summed E-state index contributed by atoms with van der Waals surface area (Å²) in [6.07, 6.45) is 1.60. The highest BCUT2D eigenvalue weighted by atomic mass is 32.2. The number of nitrogens with zero attached hydrogens (tertiary/aromatic N) is 1. The van der Waals surface area contributed by atoms with Crippen molar-refractivity contribution in [2.75, 3.05) is 24.4 Å². The van der Waals surface area contributed by atoms with E-state index in [2.05, 4.69) is 10.0 Å². The monoisotopic (exact) mass is 417 g/mol. The van der Waals surface area contributed by atoms with Gasteiger partial charge in [0.05, 0.1) is 7.11 Å². The second-order valence-electron chi connectivity index (χ2n) is 6.84. The molecule has 1 aliphatic carbocycles. The van der Waals surface area contributed by atoms with Gasteiger partial charge in [0, 0.05) is 37.0 Å². The SMILES string of the molecule is COc1ccc(C(=O)Nc2ccc(N(C)C(C)=O)cc2)cc1S(=O)(=O)NC1CC1. The topological polar surface area (TPSA) is 105 Å². The molecule has 0 saturated heterocycles. The van der Waals surface area contributed by atoms with E-state index in [9.17, 15) is 18.0 Å². The van der Waals surface area contributed by atoms with Crippen LogP contribution in [0.1, 0.15) is 30.1 Å². The summed E-state index contributed by atoms with van der Waals surface area (Å²) in [5, 5.41) is 2.72. The Morgan fingerprint density at radius 3 is 2.31 bits per heavy atom. The summed E-state index contributed by atoms with van der Waals surface area (Å²) < 4.78 is 32.9. The molecule has 0 radical (unpaired) electrons. The van der Waals surface area contributed by atoms with Gasteiger partial charge in [0.1, 0.15) is 10.6 Å². The summed E-state index contributed by atoms with van der Waals surface area (Å²) >= 11 is 0. The third kappa shape index (κ3) is 4.93. The Kier molecular flexibility index (Phi) is 5.90. The first-order valence-corrected chi connectivity index (χ1v) is 10.6. The summed E-state index contributed by atoms with van der Waals surface area (Å²) in [6, 6.07) is 11.0. The molecule has 154 valence electrons. The Balaban J connectivity index is 1.80. The molecule has 1 aliphatic rings. The predicted octanol–water partition coefficient (Wildman–Crippen LogP) is 2.37. The zero-order chi connectivity index (χ0) is 21.2. The van der Waals surface area contributed by atoms with E-state index in [1.165, 1.54) is 37.1 Å². The minimum atomic E-state index is -3.78. The summed E-state index contributed by atoms with van der Waals surface area (Å²) in [6.45, 7) is 1.46. The quantitative estimate of drug-likeness (QED) is 0.720. The zero-order valence-corrected chi connectivity index (χ0v) is 17.2. The van der Waals surface area contributed by atoms with E-state index >= 15 is 0 Å². The molecule has 1 saturated carbocycles. The summed E-state index contributed by atoms with van der Waals surface area (Å²) in [5.41, 5.74) is 1.40. The first kappa shape index (κ1) is 20.8. The molecule has 0 heterocycles. The fourth-order valence-electron chi connectivity index (χ4n) is 2.67. The van der Waals surface area contributed by atoms with Gasteiger partial charge in [0.15, 0.2) is 0 Å². The number of rotatable bonds is 7. The van der Waals surface area contributed by atoms with Gasteiger partial charge in [0.25, 0.3) is 5.91 Å². The molecule has 1 fully saturated rings. The molecule has 0 spiro atoms. The third-order valence-corrected chi connectivity index (χ3v) is 6.14. The number of hydrogen-bond donors (Lipinski definition) is 2. The van der Waals surface area contributed by atoms with E-state index in [-0.39, 0.29) is 28.2 Å².